The SMILES string of the molecule is C[C@@H]1COCC[C@H]1n1c(C#N)cc2cncnc21. The third kappa shape index (κ3) is 1.66. The lowest BCUT2D eigenvalue weighted by Gasteiger charge is -2.30. The lowest BCUT2D eigenvalue weighted by molar-refractivity contribution is 0.0296. The number of hydrogen-bond acceptors (Lipinski definition) is 4. The number of rotatable bonds is 1. The number of fused-ring (bicyclic) bond motifs is 1. The Bertz CT molecular complexity index is 613. The largest absolute Gasteiger partial charge is 0.381 e. The van der Waals surface area contributed by atoms with Gasteiger partial charge in [-0.2, -0.15) is 5.26 Å². The fraction of sp³-hybridized carbons (Fsp3) is 0.462. The van der Waals surface area contributed by atoms with E-state index >= 15 is 0 Å². The lowest BCUT2D eigenvalue weighted by atomic mass is 9.97. The molecule has 1 saturated heterocycles. The second-order valence-corrected chi connectivity index (χ2v) is 4.72. The van der Waals surface area contributed by atoms with Gasteiger partial charge in [-0.15, -0.1) is 0 Å². The van der Waals surface area contributed by atoms with Gasteiger partial charge in [0.05, 0.1) is 6.61 Å². The number of nitrogens with zero attached hydrogens (tertiary/aromatic N) is 4. The van der Waals surface area contributed by atoms with Gasteiger partial charge in [0.15, 0.2) is 0 Å². The summed E-state index contributed by atoms with van der Waals surface area (Å²) in [5.74, 6) is 0.386. The third-order valence-corrected chi connectivity index (χ3v) is 3.54. The molecule has 0 N–H and O–H groups in total. The van der Waals surface area contributed by atoms with E-state index in [2.05, 4.69) is 23.0 Å². The minimum atomic E-state index is 0.279. The van der Waals surface area contributed by atoms with Crippen molar-refractivity contribution in [3.05, 3.63) is 24.3 Å². The maximum absolute atomic E-state index is 9.29. The lowest BCUT2D eigenvalue weighted by Crippen LogP contribution is -2.28. The molecule has 0 amide bonds. The van der Waals surface area contributed by atoms with Gasteiger partial charge in [0.1, 0.15) is 23.7 Å². The molecular formula is C13H14N4O. The second kappa shape index (κ2) is 4.39. The fourth-order valence-electron chi connectivity index (χ4n) is 2.64. The molecule has 5 nitrogen and oxygen atoms in total. The molecule has 92 valence electrons. The van der Waals surface area contributed by atoms with Crippen LogP contribution < -0.4 is 0 Å². The average molecular weight is 242 g/mol. The Labute approximate surface area is 105 Å². The summed E-state index contributed by atoms with van der Waals surface area (Å²) in [6.07, 6.45) is 4.21. The molecule has 3 rings (SSSR count). The Kier molecular flexibility index (Phi) is 2.73. The van der Waals surface area contributed by atoms with Gasteiger partial charge < -0.3 is 9.30 Å². The van der Waals surface area contributed by atoms with Gasteiger partial charge >= 0.3 is 0 Å². The van der Waals surface area contributed by atoms with Crippen molar-refractivity contribution in [3.63, 3.8) is 0 Å². The van der Waals surface area contributed by atoms with Crippen molar-refractivity contribution in [2.75, 3.05) is 13.2 Å². The first-order valence-corrected chi connectivity index (χ1v) is 6.10. The van der Waals surface area contributed by atoms with Crippen LogP contribution in [0.4, 0.5) is 0 Å². The molecule has 2 aromatic heterocycles. The van der Waals surface area contributed by atoms with Gasteiger partial charge in [0.25, 0.3) is 0 Å². The van der Waals surface area contributed by atoms with Crippen molar-refractivity contribution in [2.24, 2.45) is 5.92 Å². The van der Waals surface area contributed by atoms with E-state index in [-0.39, 0.29) is 6.04 Å². The first kappa shape index (κ1) is 11.2. The summed E-state index contributed by atoms with van der Waals surface area (Å²) in [6.45, 7) is 3.63. The predicted octanol–water partition coefficient (Wildman–Crippen LogP) is 1.90. The van der Waals surface area contributed by atoms with Crippen molar-refractivity contribution < 1.29 is 4.74 Å². The molecule has 1 aliphatic heterocycles. The van der Waals surface area contributed by atoms with Crippen molar-refractivity contribution in [1.82, 2.24) is 14.5 Å². The molecule has 1 aliphatic rings. The predicted molar refractivity (Wildman–Crippen MR) is 65.9 cm³/mol. The van der Waals surface area contributed by atoms with Crippen LogP contribution in [0.25, 0.3) is 11.0 Å². The smallest absolute Gasteiger partial charge is 0.144 e. The first-order chi connectivity index (χ1) is 8.81. The van der Waals surface area contributed by atoms with E-state index in [1.807, 2.05) is 10.6 Å². The van der Waals surface area contributed by atoms with E-state index in [1.54, 1.807) is 6.20 Å². The molecule has 0 bridgehead atoms. The number of nitriles is 1. The van der Waals surface area contributed by atoms with E-state index < -0.39 is 0 Å². The van der Waals surface area contributed by atoms with E-state index in [9.17, 15) is 5.26 Å². The van der Waals surface area contributed by atoms with Gasteiger partial charge in [-0.05, 0) is 12.5 Å². The van der Waals surface area contributed by atoms with Crippen LogP contribution in [-0.4, -0.2) is 27.7 Å². The maximum Gasteiger partial charge on any atom is 0.144 e. The summed E-state index contributed by atoms with van der Waals surface area (Å²) in [7, 11) is 0. The topological polar surface area (TPSA) is 63.7 Å². The van der Waals surface area contributed by atoms with Gasteiger partial charge in [0.2, 0.25) is 0 Å². The quantitative estimate of drug-likeness (QED) is 0.766. The Morgan fingerprint density at radius 2 is 2.44 bits per heavy atom. The van der Waals surface area contributed by atoms with E-state index in [4.69, 9.17) is 4.74 Å². The fourth-order valence-corrected chi connectivity index (χ4v) is 2.64. The van der Waals surface area contributed by atoms with Gasteiger partial charge in [-0.3, -0.25) is 0 Å². The molecule has 2 aromatic rings. The molecule has 0 unspecified atom stereocenters. The first-order valence-electron chi connectivity index (χ1n) is 6.10. The molecule has 3 heterocycles. The summed E-state index contributed by atoms with van der Waals surface area (Å²) in [5, 5.41) is 10.2. The highest BCUT2D eigenvalue weighted by Gasteiger charge is 2.27. The minimum Gasteiger partial charge on any atom is -0.381 e. The van der Waals surface area contributed by atoms with E-state index in [0.29, 0.717) is 11.6 Å². The van der Waals surface area contributed by atoms with Crippen LogP contribution in [0.5, 0.6) is 0 Å². The molecule has 2 atom stereocenters. The summed E-state index contributed by atoms with van der Waals surface area (Å²) in [4.78, 5) is 8.33. The second-order valence-electron chi connectivity index (χ2n) is 4.72. The minimum absolute atomic E-state index is 0.279. The molecular weight excluding hydrogens is 228 g/mol. The number of ether oxygens (including phenoxy) is 1. The van der Waals surface area contributed by atoms with Gasteiger partial charge in [-0.1, -0.05) is 6.92 Å². The Hall–Kier alpha value is -1.93. The zero-order chi connectivity index (χ0) is 12.5. The molecule has 18 heavy (non-hydrogen) atoms. The van der Waals surface area contributed by atoms with Crippen LogP contribution in [0.1, 0.15) is 25.1 Å². The monoisotopic (exact) mass is 242 g/mol. The normalized spacial score (nSPS) is 24.0. The van der Waals surface area contributed by atoms with E-state index in [1.165, 1.54) is 6.33 Å². The Balaban J connectivity index is 2.17. The summed E-state index contributed by atoms with van der Waals surface area (Å²) < 4.78 is 7.51. The average Bonchev–Trinajstić information content (AvgIpc) is 2.78. The number of aromatic nitrogens is 3. The third-order valence-electron chi connectivity index (χ3n) is 3.54. The Morgan fingerprint density at radius 3 is 3.22 bits per heavy atom. The van der Waals surface area contributed by atoms with Crippen molar-refractivity contribution >= 4 is 11.0 Å². The number of hydrogen-bond donors (Lipinski definition) is 0. The summed E-state index contributed by atoms with van der Waals surface area (Å²) in [6, 6.07) is 4.39. The molecule has 0 aromatic carbocycles. The molecule has 1 fully saturated rings. The zero-order valence-electron chi connectivity index (χ0n) is 10.2. The van der Waals surface area contributed by atoms with Crippen molar-refractivity contribution in [1.29, 1.82) is 5.26 Å². The van der Waals surface area contributed by atoms with Gasteiger partial charge in [-0.25, -0.2) is 9.97 Å². The maximum atomic E-state index is 9.29. The highest BCUT2D eigenvalue weighted by Crippen LogP contribution is 2.31. The molecule has 0 saturated carbocycles. The van der Waals surface area contributed by atoms with Crippen LogP contribution in [-0.2, 0) is 4.74 Å². The molecule has 5 heteroatoms. The van der Waals surface area contributed by atoms with E-state index in [0.717, 1.165) is 30.7 Å². The summed E-state index contributed by atoms with van der Waals surface area (Å²) in [5.41, 5.74) is 1.50. The van der Waals surface area contributed by atoms with Crippen molar-refractivity contribution in [3.8, 4) is 6.07 Å². The molecule has 0 spiro atoms. The van der Waals surface area contributed by atoms with Crippen LogP contribution >= 0.6 is 0 Å². The van der Waals surface area contributed by atoms with Crippen LogP contribution in [0.3, 0.4) is 0 Å². The highest BCUT2D eigenvalue weighted by molar-refractivity contribution is 5.77. The standard InChI is InChI=1S/C13H14N4O/c1-9-7-18-3-2-12(9)17-11(5-14)4-10-6-15-8-16-13(10)17/h4,6,8-9,12H,2-3,7H2,1H3/t9-,12-/m1/s1. The highest BCUT2D eigenvalue weighted by atomic mass is 16.5. The molecule has 0 aliphatic carbocycles. The van der Waals surface area contributed by atoms with Crippen LogP contribution in [0, 0.1) is 17.2 Å². The molecule has 0 radical (unpaired) electrons. The van der Waals surface area contributed by atoms with Crippen LogP contribution in [0.15, 0.2) is 18.6 Å². The van der Waals surface area contributed by atoms with Gasteiger partial charge in [0, 0.05) is 30.1 Å². The zero-order valence-corrected chi connectivity index (χ0v) is 10.2. The van der Waals surface area contributed by atoms with Crippen molar-refractivity contribution in [2.45, 2.75) is 19.4 Å². The summed E-state index contributed by atoms with van der Waals surface area (Å²) >= 11 is 0. The van der Waals surface area contributed by atoms with Crippen LogP contribution in [0.2, 0.25) is 0 Å². The Morgan fingerprint density at radius 1 is 1.56 bits per heavy atom.